The van der Waals surface area contributed by atoms with E-state index in [1.807, 2.05) is 31.2 Å². The lowest BCUT2D eigenvalue weighted by Crippen LogP contribution is -2.05. The van der Waals surface area contributed by atoms with Crippen molar-refractivity contribution in [3.63, 3.8) is 0 Å². The number of carboxylic acid groups (broad SMARTS) is 1. The van der Waals surface area contributed by atoms with E-state index in [9.17, 15) is 4.79 Å². The summed E-state index contributed by atoms with van der Waals surface area (Å²) >= 11 is 0. The Balaban J connectivity index is 2.52. The van der Waals surface area contributed by atoms with Crippen molar-refractivity contribution < 1.29 is 9.90 Å². The maximum Gasteiger partial charge on any atom is 0.354 e. The molecular formula is C13H13N3O2. The van der Waals surface area contributed by atoms with Crippen molar-refractivity contribution in [2.24, 2.45) is 0 Å². The molecule has 2 aromatic rings. The zero-order valence-corrected chi connectivity index (χ0v) is 10.1. The Morgan fingerprint density at radius 2 is 1.89 bits per heavy atom. The summed E-state index contributed by atoms with van der Waals surface area (Å²) in [5, 5.41) is 11.8. The van der Waals surface area contributed by atoms with Crippen LogP contribution >= 0.6 is 0 Å². The largest absolute Gasteiger partial charge is 0.477 e. The van der Waals surface area contributed by atoms with Gasteiger partial charge in [-0.25, -0.2) is 14.8 Å². The van der Waals surface area contributed by atoms with Crippen LogP contribution in [0, 0.1) is 6.92 Å². The van der Waals surface area contributed by atoms with Crippen molar-refractivity contribution in [3.05, 3.63) is 41.6 Å². The van der Waals surface area contributed by atoms with Gasteiger partial charge in [0.2, 0.25) is 0 Å². The lowest BCUT2D eigenvalue weighted by molar-refractivity contribution is 0.0690. The van der Waals surface area contributed by atoms with Gasteiger partial charge in [0, 0.05) is 18.7 Å². The molecular weight excluding hydrogens is 230 g/mol. The zero-order chi connectivity index (χ0) is 13.1. The summed E-state index contributed by atoms with van der Waals surface area (Å²) in [7, 11) is 1.69. The van der Waals surface area contributed by atoms with Crippen LogP contribution in [0.5, 0.6) is 0 Å². The molecule has 0 aliphatic rings. The van der Waals surface area contributed by atoms with Gasteiger partial charge in [-0.2, -0.15) is 0 Å². The Morgan fingerprint density at radius 3 is 2.44 bits per heavy atom. The number of aryl methyl sites for hydroxylation is 1. The van der Waals surface area contributed by atoms with Gasteiger partial charge < -0.3 is 10.4 Å². The molecule has 5 heteroatoms. The van der Waals surface area contributed by atoms with Crippen molar-refractivity contribution in [1.82, 2.24) is 9.97 Å². The number of hydrogen-bond acceptors (Lipinski definition) is 4. The van der Waals surface area contributed by atoms with Gasteiger partial charge in [0.1, 0.15) is 5.82 Å². The number of carbonyl (C=O) groups is 1. The number of benzene rings is 1. The molecule has 0 saturated carbocycles. The number of hydrogen-bond donors (Lipinski definition) is 2. The smallest absolute Gasteiger partial charge is 0.354 e. The molecule has 0 radical (unpaired) electrons. The molecule has 0 unspecified atom stereocenters. The number of anilines is 1. The fourth-order valence-corrected chi connectivity index (χ4v) is 1.52. The second-order valence-corrected chi connectivity index (χ2v) is 3.88. The van der Waals surface area contributed by atoms with E-state index in [0.29, 0.717) is 11.6 Å². The molecule has 0 amide bonds. The highest BCUT2D eigenvalue weighted by atomic mass is 16.4. The Kier molecular flexibility index (Phi) is 3.23. The maximum absolute atomic E-state index is 11.0. The number of nitrogens with one attached hydrogen (secondary N) is 1. The predicted octanol–water partition coefficient (Wildman–Crippen LogP) is 2.19. The Labute approximate surface area is 105 Å². The first kappa shape index (κ1) is 12.0. The summed E-state index contributed by atoms with van der Waals surface area (Å²) in [5.41, 5.74) is 1.90. The third kappa shape index (κ3) is 2.45. The summed E-state index contributed by atoms with van der Waals surface area (Å²) in [6, 6.07) is 9.02. The van der Waals surface area contributed by atoms with Crippen LogP contribution in [0.1, 0.15) is 16.1 Å². The van der Waals surface area contributed by atoms with Crippen molar-refractivity contribution >= 4 is 11.8 Å². The second kappa shape index (κ2) is 4.83. The number of rotatable bonds is 3. The summed E-state index contributed by atoms with van der Waals surface area (Å²) in [6.45, 7) is 1.98. The highest BCUT2D eigenvalue weighted by Crippen LogP contribution is 2.18. The molecule has 2 N–H and O–H groups in total. The molecule has 5 nitrogen and oxygen atoms in total. The molecule has 2 rings (SSSR count). The molecule has 18 heavy (non-hydrogen) atoms. The average molecular weight is 243 g/mol. The summed E-state index contributed by atoms with van der Waals surface area (Å²) in [5.74, 6) is -0.181. The van der Waals surface area contributed by atoms with Crippen LogP contribution in [-0.4, -0.2) is 28.1 Å². The molecule has 0 aliphatic carbocycles. The van der Waals surface area contributed by atoms with E-state index in [2.05, 4.69) is 15.3 Å². The van der Waals surface area contributed by atoms with Gasteiger partial charge in [-0.3, -0.25) is 0 Å². The van der Waals surface area contributed by atoms with Crippen LogP contribution in [0.25, 0.3) is 11.4 Å². The van der Waals surface area contributed by atoms with Crippen LogP contribution < -0.4 is 5.32 Å². The third-order valence-electron chi connectivity index (χ3n) is 2.51. The Hall–Kier alpha value is -2.43. The van der Waals surface area contributed by atoms with Gasteiger partial charge in [0.15, 0.2) is 11.5 Å². The molecule has 0 aliphatic heterocycles. The first-order chi connectivity index (χ1) is 8.60. The van der Waals surface area contributed by atoms with Gasteiger partial charge in [-0.1, -0.05) is 29.8 Å². The van der Waals surface area contributed by atoms with Crippen LogP contribution in [0.4, 0.5) is 5.82 Å². The Morgan fingerprint density at radius 1 is 1.22 bits per heavy atom. The molecule has 0 bridgehead atoms. The van der Waals surface area contributed by atoms with Crippen LogP contribution in [-0.2, 0) is 0 Å². The minimum atomic E-state index is -1.07. The molecule has 0 saturated heterocycles. The van der Waals surface area contributed by atoms with Crippen molar-refractivity contribution in [2.45, 2.75) is 6.92 Å². The first-order valence-electron chi connectivity index (χ1n) is 5.47. The minimum Gasteiger partial charge on any atom is -0.477 e. The lowest BCUT2D eigenvalue weighted by atomic mass is 10.1. The third-order valence-corrected chi connectivity index (χ3v) is 2.51. The van der Waals surface area contributed by atoms with Crippen LogP contribution in [0.15, 0.2) is 30.3 Å². The van der Waals surface area contributed by atoms with E-state index in [-0.39, 0.29) is 5.69 Å². The summed E-state index contributed by atoms with van der Waals surface area (Å²) in [6.07, 6.45) is 0. The fraction of sp³-hybridized carbons (Fsp3) is 0.154. The quantitative estimate of drug-likeness (QED) is 0.864. The second-order valence-electron chi connectivity index (χ2n) is 3.88. The average Bonchev–Trinajstić information content (AvgIpc) is 2.39. The van der Waals surface area contributed by atoms with Crippen molar-refractivity contribution in [2.75, 3.05) is 12.4 Å². The van der Waals surface area contributed by atoms with Crippen molar-refractivity contribution in [1.29, 1.82) is 0 Å². The van der Waals surface area contributed by atoms with Crippen LogP contribution in [0.2, 0.25) is 0 Å². The summed E-state index contributed by atoms with van der Waals surface area (Å²) in [4.78, 5) is 19.3. The predicted molar refractivity (Wildman–Crippen MR) is 68.7 cm³/mol. The van der Waals surface area contributed by atoms with Gasteiger partial charge in [0.05, 0.1) is 0 Å². The Bertz CT molecular complexity index is 579. The van der Waals surface area contributed by atoms with E-state index >= 15 is 0 Å². The van der Waals surface area contributed by atoms with E-state index < -0.39 is 5.97 Å². The number of aromatic carboxylic acids is 1. The van der Waals surface area contributed by atoms with Gasteiger partial charge in [-0.15, -0.1) is 0 Å². The number of carboxylic acids is 1. The highest BCUT2D eigenvalue weighted by molar-refractivity contribution is 5.86. The topological polar surface area (TPSA) is 75.1 Å². The molecule has 1 aromatic heterocycles. The SMILES string of the molecule is CNc1cc(C(=O)O)nc(-c2ccc(C)cc2)n1. The fourth-order valence-electron chi connectivity index (χ4n) is 1.52. The molecule has 1 heterocycles. The van der Waals surface area contributed by atoms with Crippen molar-refractivity contribution in [3.8, 4) is 11.4 Å². The molecule has 1 aromatic carbocycles. The highest BCUT2D eigenvalue weighted by Gasteiger charge is 2.11. The molecule has 0 spiro atoms. The van der Waals surface area contributed by atoms with Gasteiger partial charge in [0.25, 0.3) is 0 Å². The monoisotopic (exact) mass is 243 g/mol. The van der Waals surface area contributed by atoms with E-state index in [4.69, 9.17) is 5.11 Å². The van der Waals surface area contributed by atoms with Gasteiger partial charge in [-0.05, 0) is 6.92 Å². The van der Waals surface area contributed by atoms with E-state index in [1.165, 1.54) is 6.07 Å². The molecule has 0 fully saturated rings. The summed E-state index contributed by atoms with van der Waals surface area (Å²) < 4.78 is 0. The first-order valence-corrected chi connectivity index (χ1v) is 5.47. The van der Waals surface area contributed by atoms with E-state index in [0.717, 1.165) is 11.1 Å². The number of nitrogens with zero attached hydrogens (tertiary/aromatic N) is 2. The normalized spacial score (nSPS) is 10.1. The molecule has 0 atom stereocenters. The number of aromatic nitrogens is 2. The maximum atomic E-state index is 11.0. The zero-order valence-electron chi connectivity index (χ0n) is 10.1. The van der Waals surface area contributed by atoms with Crippen LogP contribution in [0.3, 0.4) is 0 Å². The van der Waals surface area contributed by atoms with Gasteiger partial charge >= 0.3 is 5.97 Å². The molecule has 92 valence electrons. The minimum absolute atomic E-state index is 0.0232. The lowest BCUT2D eigenvalue weighted by Gasteiger charge is -2.05. The van der Waals surface area contributed by atoms with E-state index in [1.54, 1.807) is 7.05 Å². The standard InChI is InChI=1S/C13H13N3O2/c1-8-3-5-9(6-4-8)12-15-10(13(17)18)7-11(14-2)16-12/h3-7H,1-2H3,(H,17,18)(H,14,15,16).